The quantitative estimate of drug-likeness (QED) is 0.506. The molecule has 3 fully saturated rings. The zero-order valence-corrected chi connectivity index (χ0v) is 22.4. The number of benzene rings is 1. The summed E-state index contributed by atoms with van der Waals surface area (Å²) in [5.41, 5.74) is 9.57. The van der Waals surface area contributed by atoms with E-state index >= 15 is 0 Å². The summed E-state index contributed by atoms with van der Waals surface area (Å²) in [5.74, 6) is -3.56. The number of aliphatic imine (C=N–C) groups is 1. The Morgan fingerprint density at radius 2 is 1.84 bits per heavy atom. The van der Waals surface area contributed by atoms with Gasteiger partial charge >= 0.3 is 0 Å². The van der Waals surface area contributed by atoms with Crippen molar-refractivity contribution in [2.24, 2.45) is 16.6 Å². The van der Waals surface area contributed by atoms with Gasteiger partial charge in [-0.25, -0.2) is 13.2 Å². The van der Waals surface area contributed by atoms with E-state index in [0.717, 1.165) is 18.5 Å². The lowest BCUT2D eigenvalue weighted by molar-refractivity contribution is -0.129. The average molecular weight is 533 g/mol. The van der Waals surface area contributed by atoms with Crippen molar-refractivity contribution in [1.29, 1.82) is 0 Å². The lowest BCUT2D eigenvalue weighted by atomic mass is 9.84. The highest BCUT2D eigenvalue weighted by molar-refractivity contribution is 6.10. The monoisotopic (exact) mass is 532 g/mol. The number of nitrogens with zero attached hydrogens (tertiary/aromatic N) is 3. The largest absolute Gasteiger partial charge is 0.396 e. The molecule has 2 aliphatic carbocycles. The maximum atomic E-state index is 14.3. The van der Waals surface area contributed by atoms with E-state index in [9.17, 15) is 22.8 Å². The van der Waals surface area contributed by atoms with E-state index in [4.69, 9.17) is 5.73 Å². The number of ketones is 1. The molecular weight excluding hydrogens is 493 g/mol. The minimum atomic E-state index is -3.05. The minimum Gasteiger partial charge on any atom is -0.396 e. The van der Waals surface area contributed by atoms with Crippen molar-refractivity contribution in [2.45, 2.75) is 77.3 Å². The molecular formula is C29H39F3N4O2. The SMILES string of the molecule is Cc1cccc(N2CCN(C(=O)CN=C3CC(F)(F)CC3=C(N)C(=O)CCC3CCC[C@@H](F)C3)CC2)c1C. The third-order valence-corrected chi connectivity index (χ3v) is 8.29. The smallest absolute Gasteiger partial charge is 0.257 e. The second-order valence-corrected chi connectivity index (χ2v) is 11.0. The van der Waals surface area contributed by atoms with Gasteiger partial charge in [0.15, 0.2) is 5.78 Å². The van der Waals surface area contributed by atoms with Crippen LogP contribution in [-0.2, 0) is 9.59 Å². The van der Waals surface area contributed by atoms with Gasteiger partial charge in [-0.2, -0.15) is 0 Å². The van der Waals surface area contributed by atoms with Crippen molar-refractivity contribution >= 4 is 23.1 Å². The van der Waals surface area contributed by atoms with Crippen LogP contribution in [0.5, 0.6) is 0 Å². The standard InChI is InChI=1S/C29H39F3N4O2/c1-19-5-3-8-25(20(19)2)35-11-13-36(14-12-35)27(38)18-34-24-17-29(31,32)16-23(24)28(33)26(37)10-9-21-6-4-7-22(30)15-21/h3,5,8,21-22H,4,6-7,9-18,33H2,1-2H3/t21?,22-/m1/s1. The fraction of sp³-hybridized carbons (Fsp3) is 0.621. The summed E-state index contributed by atoms with van der Waals surface area (Å²) < 4.78 is 42.3. The highest BCUT2D eigenvalue weighted by Gasteiger charge is 2.42. The molecule has 2 N–H and O–H groups in total. The van der Waals surface area contributed by atoms with Crippen molar-refractivity contribution in [3.63, 3.8) is 0 Å². The Hall–Kier alpha value is -2.84. The number of hydrogen-bond acceptors (Lipinski definition) is 5. The second kappa shape index (κ2) is 11.9. The number of anilines is 1. The number of nitrogens with two attached hydrogens (primary N) is 1. The molecule has 2 atom stereocenters. The van der Waals surface area contributed by atoms with Crippen LogP contribution < -0.4 is 10.6 Å². The van der Waals surface area contributed by atoms with E-state index in [1.165, 1.54) is 11.1 Å². The van der Waals surface area contributed by atoms with Gasteiger partial charge in [-0.15, -0.1) is 0 Å². The van der Waals surface area contributed by atoms with Gasteiger partial charge in [0.2, 0.25) is 5.91 Å². The molecule has 0 aromatic heterocycles. The van der Waals surface area contributed by atoms with Crippen LogP contribution in [0.25, 0.3) is 0 Å². The Bertz CT molecular complexity index is 1110. The number of rotatable bonds is 7. The molecule has 3 aliphatic rings. The third kappa shape index (κ3) is 6.77. The summed E-state index contributed by atoms with van der Waals surface area (Å²) in [5, 5.41) is 0. The molecule has 4 rings (SSSR count). The summed E-state index contributed by atoms with van der Waals surface area (Å²) in [6, 6.07) is 6.18. The Labute approximate surface area is 223 Å². The van der Waals surface area contributed by atoms with Gasteiger partial charge < -0.3 is 15.5 Å². The predicted octanol–water partition coefficient (Wildman–Crippen LogP) is 4.91. The normalized spacial score (nSPS) is 26.1. The van der Waals surface area contributed by atoms with Gasteiger partial charge in [0, 0.05) is 56.0 Å². The van der Waals surface area contributed by atoms with E-state index < -0.39 is 30.7 Å². The first kappa shape index (κ1) is 28.2. The zero-order chi connectivity index (χ0) is 27.4. The zero-order valence-electron chi connectivity index (χ0n) is 22.4. The second-order valence-electron chi connectivity index (χ2n) is 11.0. The Morgan fingerprint density at radius 3 is 2.55 bits per heavy atom. The number of alkyl halides is 3. The van der Waals surface area contributed by atoms with Crippen LogP contribution in [0.2, 0.25) is 0 Å². The Morgan fingerprint density at radius 1 is 1.11 bits per heavy atom. The third-order valence-electron chi connectivity index (χ3n) is 8.29. The molecule has 38 heavy (non-hydrogen) atoms. The number of piperazine rings is 1. The van der Waals surface area contributed by atoms with Crippen LogP contribution in [0.3, 0.4) is 0 Å². The van der Waals surface area contributed by atoms with Gasteiger partial charge in [-0.05, 0) is 56.2 Å². The molecule has 208 valence electrons. The Kier molecular flexibility index (Phi) is 8.83. The van der Waals surface area contributed by atoms with Gasteiger partial charge in [-0.1, -0.05) is 25.0 Å². The van der Waals surface area contributed by atoms with Gasteiger partial charge in [-0.3, -0.25) is 14.6 Å². The van der Waals surface area contributed by atoms with E-state index in [1.54, 1.807) is 4.90 Å². The first-order valence-corrected chi connectivity index (χ1v) is 13.7. The van der Waals surface area contributed by atoms with Crippen LogP contribution >= 0.6 is 0 Å². The predicted molar refractivity (Wildman–Crippen MR) is 144 cm³/mol. The number of carbonyl (C=O) groups excluding carboxylic acids is 2. The molecule has 1 aromatic carbocycles. The van der Waals surface area contributed by atoms with Crippen LogP contribution in [0.4, 0.5) is 18.9 Å². The fourth-order valence-corrected chi connectivity index (χ4v) is 5.84. The summed E-state index contributed by atoms with van der Waals surface area (Å²) in [4.78, 5) is 33.8. The number of amides is 1. The van der Waals surface area contributed by atoms with Crippen LogP contribution in [0.1, 0.15) is 62.5 Å². The van der Waals surface area contributed by atoms with Gasteiger partial charge in [0.1, 0.15) is 12.7 Å². The molecule has 1 aromatic rings. The lowest BCUT2D eigenvalue weighted by Crippen LogP contribution is -2.49. The molecule has 1 heterocycles. The molecule has 0 radical (unpaired) electrons. The molecule has 6 nitrogen and oxygen atoms in total. The van der Waals surface area contributed by atoms with Crippen LogP contribution in [0, 0.1) is 19.8 Å². The van der Waals surface area contributed by atoms with E-state index in [-0.39, 0.29) is 41.8 Å². The van der Waals surface area contributed by atoms with Crippen LogP contribution in [0.15, 0.2) is 34.5 Å². The first-order chi connectivity index (χ1) is 18.0. The minimum absolute atomic E-state index is 0.0460. The number of aryl methyl sites for hydroxylation is 1. The Balaban J connectivity index is 1.36. The summed E-state index contributed by atoms with van der Waals surface area (Å²) >= 11 is 0. The van der Waals surface area contributed by atoms with E-state index in [0.29, 0.717) is 45.4 Å². The average Bonchev–Trinajstić information content (AvgIpc) is 3.21. The maximum Gasteiger partial charge on any atom is 0.257 e. The van der Waals surface area contributed by atoms with Crippen molar-refractivity contribution in [3.05, 3.63) is 40.6 Å². The maximum absolute atomic E-state index is 14.3. The lowest BCUT2D eigenvalue weighted by Gasteiger charge is -2.37. The highest BCUT2D eigenvalue weighted by atomic mass is 19.3. The summed E-state index contributed by atoms with van der Waals surface area (Å²) in [7, 11) is 0. The van der Waals surface area contributed by atoms with E-state index in [2.05, 4.69) is 35.9 Å². The van der Waals surface area contributed by atoms with Gasteiger partial charge in [0.25, 0.3) is 5.92 Å². The number of halogens is 3. The highest BCUT2D eigenvalue weighted by Crippen LogP contribution is 2.38. The summed E-state index contributed by atoms with van der Waals surface area (Å²) in [6.45, 7) is 6.33. The van der Waals surface area contributed by atoms with Gasteiger partial charge in [0.05, 0.1) is 12.1 Å². The molecule has 9 heteroatoms. The van der Waals surface area contributed by atoms with E-state index in [1.807, 2.05) is 6.07 Å². The van der Waals surface area contributed by atoms with Crippen molar-refractivity contribution in [1.82, 2.24) is 4.90 Å². The molecule has 1 aliphatic heterocycles. The first-order valence-electron chi connectivity index (χ1n) is 13.7. The molecule has 1 unspecified atom stereocenters. The molecule has 0 bridgehead atoms. The molecule has 1 amide bonds. The number of allylic oxidation sites excluding steroid dienone is 2. The van der Waals surface area contributed by atoms with Crippen molar-refractivity contribution in [3.8, 4) is 0 Å². The van der Waals surface area contributed by atoms with Crippen molar-refractivity contribution in [2.75, 3.05) is 37.6 Å². The molecule has 2 saturated carbocycles. The van der Waals surface area contributed by atoms with Crippen molar-refractivity contribution < 1.29 is 22.8 Å². The topological polar surface area (TPSA) is 79.0 Å². The molecule has 0 spiro atoms. The summed E-state index contributed by atoms with van der Waals surface area (Å²) in [6.07, 6.45) is 1.17. The molecule has 1 saturated heterocycles. The number of hydrogen-bond donors (Lipinski definition) is 1. The fourth-order valence-electron chi connectivity index (χ4n) is 5.84. The number of Topliss-reactive ketones (excluding diaryl/α,β-unsaturated/α-hetero) is 1. The number of carbonyl (C=O) groups is 2. The van der Waals surface area contributed by atoms with Crippen LogP contribution in [-0.4, -0.2) is 67.1 Å².